The van der Waals surface area contributed by atoms with Crippen LogP contribution in [0.5, 0.6) is 0 Å². The number of nitrogens with one attached hydrogen (secondary N) is 1. The molecule has 0 amide bonds. The maximum Gasteiger partial charge on any atom is 0.144 e. The van der Waals surface area contributed by atoms with Crippen molar-refractivity contribution in [1.29, 1.82) is 0 Å². The summed E-state index contributed by atoms with van der Waals surface area (Å²) in [6, 6.07) is 0. The summed E-state index contributed by atoms with van der Waals surface area (Å²) in [5.41, 5.74) is 0.431. The summed E-state index contributed by atoms with van der Waals surface area (Å²) >= 11 is 3.50. The van der Waals surface area contributed by atoms with E-state index in [2.05, 4.69) is 53.9 Å². The molecule has 20 heavy (non-hydrogen) atoms. The van der Waals surface area contributed by atoms with Crippen LogP contribution in [0.3, 0.4) is 0 Å². The zero-order chi connectivity index (χ0) is 14.8. The molecule has 112 valence electrons. The molecule has 1 aliphatic carbocycles. The van der Waals surface area contributed by atoms with Crippen LogP contribution in [0, 0.1) is 11.3 Å². The molecule has 0 unspecified atom stereocenters. The lowest BCUT2D eigenvalue weighted by Crippen LogP contribution is -2.25. The second kappa shape index (κ2) is 6.42. The fourth-order valence-electron chi connectivity index (χ4n) is 3.09. The summed E-state index contributed by atoms with van der Waals surface area (Å²) in [7, 11) is 0. The number of nitrogens with zero attached hydrogens (tertiary/aromatic N) is 2. The minimum Gasteiger partial charge on any atom is -0.369 e. The van der Waals surface area contributed by atoms with Crippen molar-refractivity contribution < 1.29 is 0 Å². The molecule has 0 aromatic carbocycles. The van der Waals surface area contributed by atoms with Gasteiger partial charge in [-0.05, 0) is 59.9 Å². The third-order valence-corrected chi connectivity index (χ3v) is 5.00. The third-order valence-electron chi connectivity index (χ3n) is 4.42. The highest BCUT2D eigenvalue weighted by molar-refractivity contribution is 9.10. The Morgan fingerprint density at radius 3 is 2.45 bits per heavy atom. The highest BCUT2D eigenvalue weighted by Crippen LogP contribution is 2.42. The van der Waals surface area contributed by atoms with Crippen LogP contribution in [0.25, 0.3) is 0 Å². The van der Waals surface area contributed by atoms with E-state index < -0.39 is 0 Å². The van der Waals surface area contributed by atoms with Gasteiger partial charge in [0.05, 0.1) is 4.47 Å². The first-order valence-electron chi connectivity index (χ1n) is 7.68. The maximum atomic E-state index is 4.70. The first kappa shape index (κ1) is 15.7. The second-order valence-corrected chi connectivity index (χ2v) is 7.72. The highest BCUT2D eigenvalue weighted by Gasteiger charge is 2.31. The normalized spacial score (nSPS) is 23.6. The van der Waals surface area contributed by atoms with Gasteiger partial charge in [0.25, 0.3) is 0 Å². The molecule has 0 spiro atoms. The van der Waals surface area contributed by atoms with E-state index in [1.54, 1.807) is 0 Å². The van der Waals surface area contributed by atoms with Crippen LogP contribution < -0.4 is 5.32 Å². The van der Waals surface area contributed by atoms with Gasteiger partial charge in [-0.3, -0.25) is 0 Å². The molecule has 2 rings (SSSR count). The van der Waals surface area contributed by atoms with Gasteiger partial charge in [-0.1, -0.05) is 20.8 Å². The molecule has 0 atom stereocenters. The number of halogens is 1. The van der Waals surface area contributed by atoms with Crippen molar-refractivity contribution in [2.45, 2.75) is 59.3 Å². The second-order valence-electron chi connectivity index (χ2n) is 6.87. The average Bonchev–Trinajstić information content (AvgIpc) is 2.41. The molecule has 1 aromatic rings. The van der Waals surface area contributed by atoms with Crippen molar-refractivity contribution in [2.24, 2.45) is 11.3 Å². The van der Waals surface area contributed by atoms with Crippen molar-refractivity contribution in [3.63, 3.8) is 0 Å². The highest BCUT2D eigenvalue weighted by atomic mass is 79.9. The quantitative estimate of drug-likeness (QED) is 0.842. The zero-order valence-electron chi connectivity index (χ0n) is 13.0. The van der Waals surface area contributed by atoms with Crippen LogP contribution in [0.15, 0.2) is 10.7 Å². The Labute approximate surface area is 131 Å². The Morgan fingerprint density at radius 2 is 1.90 bits per heavy atom. The van der Waals surface area contributed by atoms with Gasteiger partial charge in [-0.15, -0.1) is 0 Å². The lowest BCUT2D eigenvalue weighted by Gasteiger charge is -2.36. The molecule has 1 fully saturated rings. The van der Waals surface area contributed by atoms with E-state index in [4.69, 9.17) is 4.98 Å². The minimum atomic E-state index is 0.431. The molecule has 1 heterocycles. The number of hydrogen-bond donors (Lipinski definition) is 1. The van der Waals surface area contributed by atoms with E-state index in [0.717, 1.165) is 28.6 Å². The standard InChI is InChI=1S/C16H26BrN3/c1-5-18-15-13(17)10-19-14(20-15)11-6-8-12(9-7-11)16(2,3)4/h10-12H,5-9H2,1-4H3,(H,18,19,20). The van der Waals surface area contributed by atoms with Crippen LogP contribution in [0.2, 0.25) is 0 Å². The van der Waals surface area contributed by atoms with Crippen LogP contribution in [-0.4, -0.2) is 16.5 Å². The van der Waals surface area contributed by atoms with Gasteiger partial charge in [-0.2, -0.15) is 0 Å². The Balaban J connectivity index is 2.05. The van der Waals surface area contributed by atoms with E-state index in [-0.39, 0.29) is 0 Å². The molecule has 1 aliphatic rings. The molecule has 3 nitrogen and oxygen atoms in total. The van der Waals surface area contributed by atoms with E-state index in [9.17, 15) is 0 Å². The summed E-state index contributed by atoms with van der Waals surface area (Å²) in [6.07, 6.45) is 6.91. The maximum absolute atomic E-state index is 4.70. The first-order chi connectivity index (χ1) is 9.41. The Bertz CT molecular complexity index is 446. The SMILES string of the molecule is CCNc1nc(C2CCC(C(C)(C)C)CC2)ncc1Br. The van der Waals surface area contributed by atoms with Crippen molar-refractivity contribution in [2.75, 3.05) is 11.9 Å². The fraction of sp³-hybridized carbons (Fsp3) is 0.750. The monoisotopic (exact) mass is 339 g/mol. The number of anilines is 1. The van der Waals surface area contributed by atoms with Crippen LogP contribution in [0.1, 0.15) is 65.1 Å². The van der Waals surface area contributed by atoms with Gasteiger partial charge in [0.1, 0.15) is 11.6 Å². The van der Waals surface area contributed by atoms with Crippen molar-refractivity contribution in [3.8, 4) is 0 Å². The Hall–Kier alpha value is -0.640. The van der Waals surface area contributed by atoms with E-state index in [1.807, 2.05) is 6.20 Å². The van der Waals surface area contributed by atoms with Gasteiger partial charge in [0, 0.05) is 18.7 Å². The van der Waals surface area contributed by atoms with E-state index >= 15 is 0 Å². The van der Waals surface area contributed by atoms with Gasteiger partial charge < -0.3 is 5.32 Å². The number of hydrogen-bond acceptors (Lipinski definition) is 3. The van der Waals surface area contributed by atoms with Crippen molar-refractivity contribution >= 4 is 21.7 Å². The smallest absolute Gasteiger partial charge is 0.144 e. The topological polar surface area (TPSA) is 37.8 Å². The molecule has 1 N–H and O–H groups in total. The van der Waals surface area contributed by atoms with Crippen molar-refractivity contribution in [3.05, 3.63) is 16.5 Å². The molecule has 1 saturated carbocycles. The largest absolute Gasteiger partial charge is 0.369 e. The van der Waals surface area contributed by atoms with Crippen LogP contribution in [-0.2, 0) is 0 Å². The molecule has 0 bridgehead atoms. The van der Waals surface area contributed by atoms with Gasteiger partial charge in [0.15, 0.2) is 0 Å². The van der Waals surface area contributed by atoms with Gasteiger partial charge in [-0.25, -0.2) is 9.97 Å². The summed E-state index contributed by atoms with van der Waals surface area (Å²) in [5.74, 6) is 3.30. The molecule has 1 aromatic heterocycles. The molecular weight excluding hydrogens is 314 g/mol. The molecule has 0 radical (unpaired) electrons. The summed E-state index contributed by atoms with van der Waals surface area (Å²) in [4.78, 5) is 9.24. The summed E-state index contributed by atoms with van der Waals surface area (Å²) in [6.45, 7) is 10.0. The predicted molar refractivity (Wildman–Crippen MR) is 88.0 cm³/mol. The Morgan fingerprint density at radius 1 is 1.25 bits per heavy atom. The van der Waals surface area contributed by atoms with Gasteiger partial charge >= 0.3 is 0 Å². The molecule has 0 saturated heterocycles. The average molecular weight is 340 g/mol. The number of aromatic nitrogens is 2. The van der Waals surface area contributed by atoms with Crippen LogP contribution in [0.4, 0.5) is 5.82 Å². The van der Waals surface area contributed by atoms with Gasteiger partial charge in [0.2, 0.25) is 0 Å². The predicted octanol–water partition coefficient (Wildman–Crippen LogP) is 4.99. The van der Waals surface area contributed by atoms with Crippen molar-refractivity contribution in [1.82, 2.24) is 9.97 Å². The number of rotatable bonds is 3. The summed E-state index contributed by atoms with van der Waals surface area (Å²) in [5, 5.41) is 3.29. The molecule has 4 heteroatoms. The van der Waals surface area contributed by atoms with E-state index in [1.165, 1.54) is 25.7 Å². The molecule has 0 aliphatic heterocycles. The zero-order valence-corrected chi connectivity index (χ0v) is 14.6. The Kier molecular flexibility index (Phi) is 5.05. The minimum absolute atomic E-state index is 0.431. The fourth-order valence-corrected chi connectivity index (χ4v) is 3.42. The summed E-state index contributed by atoms with van der Waals surface area (Å²) < 4.78 is 0.950. The lowest BCUT2D eigenvalue weighted by atomic mass is 9.70. The molecular formula is C16H26BrN3. The first-order valence-corrected chi connectivity index (χ1v) is 8.47. The lowest BCUT2D eigenvalue weighted by molar-refractivity contribution is 0.167. The van der Waals surface area contributed by atoms with E-state index in [0.29, 0.717) is 11.3 Å². The van der Waals surface area contributed by atoms with Crippen LogP contribution >= 0.6 is 15.9 Å². The third kappa shape index (κ3) is 3.72.